The molecule has 3 heterocycles. The van der Waals surface area contributed by atoms with Crippen LogP contribution in [0.3, 0.4) is 0 Å². The van der Waals surface area contributed by atoms with Crippen LogP contribution in [-0.2, 0) is 13.6 Å². The first-order valence-electron chi connectivity index (χ1n) is 9.17. The van der Waals surface area contributed by atoms with Crippen molar-refractivity contribution in [3.63, 3.8) is 0 Å². The molecule has 0 bridgehead atoms. The lowest BCUT2D eigenvalue weighted by molar-refractivity contribution is 0.228. The van der Waals surface area contributed by atoms with E-state index in [9.17, 15) is 4.79 Å². The summed E-state index contributed by atoms with van der Waals surface area (Å²) in [6, 6.07) is 3.75. The lowest BCUT2D eigenvalue weighted by Crippen LogP contribution is -2.45. The minimum absolute atomic E-state index is 0.0812. The van der Waals surface area contributed by atoms with Crippen LogP contribution in [0, 0.1) is 0 Å². The standard InChI is InChI=1S/C19H25N5O3/c1-22-15-10-13(26-2)11-16(27-3)17(15)14-12-21-24(19(25)18(14)22)9-8-23-6-4-20-5-7-23/h10-12,20H,4-9H2,1-3H3. The van der Waals surface area contributed by atoms with Crippen molar-refractivity contribution < 1.29 is 9.47 Å². The van der Waals surface area contributed by atoms with Crippen molar-refractivity contribution in [3.05, 3.63) is 28.7 Å². The van der Waals surface area contributed by atoms with Gasteiger partial charge in [0.05, 0.1) is 37.9 Å². The minimum Gasteiger partial charge on any atom is -0.497 e. The summed E-state index contributed by atoms with van der Waals surface area (Å²) < 4.78 is 14.4. The topological polar surface area (TPSA) is 73.6 Å². The van der Waals surface area contributed by atoms with Crippen LogP contribution in [0.2, 0.25) is 0 Å². The van der Waals surface area contributed by atoms with E-state index >= 15 is 0 Å². The molecule has 0 amide bonds. The van der Waals surface area contributed by atoms with Crippen LogP contribution in [0.1, 0.15) is 0 Å². The summed E-state index contributed by atoms with van der Waals surface area (Å²) in [5, 5.41) is 9.46. The van der Waals surface area contributed by atoms with Gasteiger partial charge < -0.3 is 19.4 Å². The zero-order valence-corrected chi connectivity index (χ0v) is 16.0. The molecule has 1 fully saturated rings. The molecule has 1 saturated heterocycles. The summed E-state index contributed by atoms with van der Waals surface area (Å²) in [5.41, 5.74) is 1.44. The molecule has 1 aliphatic heterocycles. The van der Waals surface area contributed by atoms with E-state index in [0.717, 1.165) is 49.0 Å². The molecule has 1 N–H and O–H groups in total. The van der Waals surface area contributed by atoms with Gasteiger partial charge in [-0.1, -0.05) is 0 Å². The molecule has 27 heavy (non-hydrogen) atoms. The highest BCUT2D eigenvalue weighted by Crippen LogP contribution is 2.36. The fourth-order valence-electron chi connectivity index (χ4n) is 3.83. The fraction of sp³-hybridized carbons (Fsp3) is 0.474. The number of nitrogens with one attached hydrogen (secondary N) is 1. The maximum atomic E-state index is 13.1. The van der Waals surface area contributed by atoms with E-state index in [1.54, 1.807) is 25.1 Å². The van der Waals surface area contributed by atoms with Gasteiger partial charge in [0, 0.05) is 57.3 Å². The van der Waals surface area contributed by atoms with Crippen LogP contribution < -0.4 is 20.3 Å². The van der Waals surface area contributed by atoms with E-state index in [0.29, 0.717) is 23.6 Å². The smallest absolute Gasteiger partial charge is 0.291 e. The molecule has 1 aliphatic rings. The van der Waals surface area contributed by atoms with Crippen LogP contribution >= 0.6 is 0 Å². The Labute approximate surface area is 157 Å². The number of rotatable bonds is 5. The molecule has 0 aliphatic carbocycles. The number of hydrogen-bond donors (Lipinski definition) is 1. The Balaban J connectivity index is 1.79. The van der Waals surface area contributed by atoms with Crippen molar-refractivity contribution in [1.29, 1.82) is 0 Å². The van der Waals surface area contributed by atoms with Crippen molar-refractivity contribution in [2.45, 2.75) is 6.54 Å². The third-order valence-corrected chi connectivity index (χ3v) is 5.33. The summed E-state index contributed by atoms with van der Waals surface area (Å²) in [6.07, 6.45) is 1.77. The van der Waals surface area contributed by atoms with Gasteiger partial charge in [-0.15, -0.1) is 0 Å². The summed E-state index contributed by atoms with van der Waals surface area (Å²) in [5.74, 6) is 1.37. The molecule has 3 aromatic rings. The van der Waals surface area contributed by atoms with Crippen molar-refractivity contribution in [2.75, 3.05) is 46.9 Å². The van der Waals surface area contributed by atoms with Crippen molar-refractivity contribution >= 4 is 21.8 Å². The van der Waals surface area contributed by atoms with Gasteiger partial charge >= 0.3 is 0 Å². The van der Waals surface area contributed by atoms with Crippen LogP contribution in [0.5, 0.6) is 11.5 Å². The third-order valence-electron chi connectivity index (χ3n) is 5.33. The Kier molecular flexibility index (Phi) is 4.75. The maximum Gasteiger partial charge on any atom is 0.291 e. The Bertz CT molecular complexity index is 1030. The Morgan fingerprint density at radius 3 is 2.63 bits per heavy atom. The predicted molar refractivity (Wildman–Crippen MR) is 105 cm³/mol. The second-order valence-corrected chi connectivity index (χ2v) is 6.81. The van der Waals surface area contributed by atoms with Gasteiger partial charge in [0.25, 0.3) is 5.56 Å². The van der Waals surface area contributed by atoms with Gasteiger partial charge in [0.15, 0.2) is 0 Å². The average Bonchev–Trinajstić information content (AvgIpc) is 3.00. The molecule has 8 nitrogen and oxygen atoms in total. The molecule has 0 saturated carbocycles. The first-order chi connectivity index (χ1) is 13.1. The number of piperazine rings is 1. The van der Waals surface area contributed by atoms with E-state index in [-0.39, 0.29) is 5.56 Å². The highest BCUT2D eigenvalue weighted by atomic mass is 16.5. The molecular formula is C19H25N5O3. The van der Waals surface area contributed by atoms with Crippen LogP contribution in [0.25, 0.3) is 21.8 Å². The van der Waals surface area contributed by atoms with Gasteiger partial charge in [-0.2, -0.15) is 5.10 Å². The number of aromatic nitrogens is 3. The maximum absolute atomic E-state index is 13.1. The Morgan fingerprint density at radius 1 is 1.15 bits per heavy atom. The highest BCUT2D eigenvalue weighted by Gasteiger charge is 2.19. The quantitative estimate of drug-likeness (QED) is 0.716. The molecule has 0 radical (unpaired) electrons. The fourth-order valence-corrected chi connectivity index (χ4v) is 3.83. The number of benzene rings is 1. The lowest BCUT2D eigenvalue weighted by atomic mass is 10.1. The predicted octanol–water partition coefficient (Wildman–Crippen LogP) is 0.811. The highest BCUT2D eigenvalue weighted by molar-refractivity contribution is 6.11. The van der Waals surface area contributed by atoms with Gasteiger partial charge in [-0.3, -0.25) is 9.69 Å². The first kappa shape index (κ1) is 17.8. The average molecular weight is 371 g/mol. The molecule has 0 spiro atoms. The molecule has 0 atom stereocenters. The van der Waals surface area contributed by atoms with Crippen molar-refractivity contribution in [3.8, 4) is 11.5 Å². The third kappa shape index (κ3) is 3.04. The number of ether oxygens (including phenoxy) is 2. The zero-order valence-electron chi connectivity index (χ0n) is 16.0. The minimum atomic E-state index is -0.0812. The number of nitrogens with zero attached hydrogens (tertiary/aromatic N) is 4. The molecule has 4 rings (SSSR count). The van der Waals surface area contributed by atoms with E-state index < -0.39 is 0 Å². The van der Waals surface area contributed by atoms with Crippen molar-refractivity contribution in [1.82, 2.24) is 24.6 Å². The molecule has 0 unspecified atom stereocenters. The Morgan fingerprint density at radius 2 is 1.93 bits per heavy atom. The molecule has 1 aromatic carbocycles. The van der Waals surface area contributed by atoms with E-state index in [4.69, 9.17) is 9.47 Å². The Hall–Kier alpha value is -2.58. The van der Waals surface area contributed by atoms with Crippen molar-refractivity contribution in [2.24, 2.45) is 7.05 Å². The zero-order chi connectivity index (χ0) is 19.0. The number of hydrogen-bond acceptors (Lipinski definition) is 6. The normalized spacial score (nSPS) is 15.5. The van der Waals surface area contributed by atoms with E-state index in [1.165, 1.54) is 0 Å². The van der Waals surface area contributed by atoms with Gasteiger partial charge in [-0.05, 0) is 0 Å². The summed E-state index contributed by atoms with van der Waals surface area (Å²) in [6.45, 7) is 5.39. The number of aryl methyl sites for hydroxylation is 1. The van der Waals surface area contributed by atoms with Gasteiger partial charge in [0.2, 0.25) is 0 Å². The van der Waals surface area contributed by atoms with E-state index in [2.05, 4.69) is 15.3 Å². The SMILES string of the molecule is COc1cc(OC)c2c3cnn(CCN4CCNCC4)c(=O)c3n(C)c2c1. The van der Waals surface area contributed by atoms with Crippen LogP contribution in [0.15, 0.2) is 23.1 Å². The van der Waals surface area contributed by atoms with Gasteiger partial charge in [-0.25, -0.2) is 4.68 Å². The second-order valence-electron chi connectivity index (χ2n) is 6.81. The largest absolute Gasteiger partial charge is 0.497 e. The molecular weight excluding hydrogens is 346 g/mol. The second kappa shape index (κ2) is 7.21. The summed E-state index contributed by atoms with van der Waals surface area (Å²) in [7, 11) is 5.13. The number of fused-ring (bicyclic) bond motifs is 3. The first-order valence-corrected chi connectivity index (χ1v) is 9.17. The van der Waals surface area contributed by atoms with Crippen LogP contribution in [-0.4, -0.2) is 66.2 Å². The molecule has 144 valence electrons. The molecule has 8 heteroatoms. The lowest BCUT2D eigenvalue weighted by Gasteiger charge is -2.26. The summed E-state index contributed by atoms with van der Waals surface area (Å²) >= 11 is 0. The number of methoxy groups -OCH3 is 2. The van der Waals surface area contributed by atoms with Crippen LogP contribution in [0.4, 0.5) is 0 Å². The summed E-state index contributed by atoms with van der Waals surface area (Å²) in [4.78, 5) is 15.5. The molecule has 2 aromatic heterocycles. The monoisotopic (exact) mass is 371 g/mol. The van der Waals surface area contributed by atoms with E-state index in [1.807, 2.05) is 23.7 Å². The van der Waals surface area contributed by atoms with Gasteiger partial charge in [0.1, 0.15) is 17.0 Å².